The molecule has 0 radical (unpaired) electrons. The molecule has 1 aromatic carbocycles. The molecule has 104 valence electrons. The summed E-state index contributed by atoms with van der Waals surface area (Å²) in [6, 6.07) is 10.4. The van der Waals surface area contributed by atoms with Crippen LogP contribution >= 0.6 is 0 Å². The molecule has 19 heavy (non-hydrogen) atoms. The molecule has 2 rings (SSSR count). The molecule has 0 aliphatic heterocycles. The first-order valence-corrected chi connectivity index (χ1v) is 10.5. The van der Waals surface area contributed by atoms with Crippen LogP contribution in [0.15, 0.2) is 42.2 Å². The number of benzene rings is 1. The second-order valence-corrected chi connectivity index (χ2v) is 10.5. The Hall–Kier alpha value is -1.06. The fourth-order valence-electron chi connectivity index (χ4n) is 2.21. The molecule has 0 saturated heterocycles. The van der Waals surface area contributed by atoms with Gasteiger partial charge in [-0.1, -0.05) is 30.3 Å². The lowest BCUT2D eigenvalue weighted by Crippen LogP contribution is -2.27. The van der Waals surface area contributed by atoms with Gasteiger partial charge in [-0.15, -0.1) is 0 Å². The van der Waals surface area contributed by atoms with E-state index in [9.17, 15) is 0 Å². The first kappa shape index (κ1) is 14.3. The van der Waals surface area contributed by atoms with Crippen molar-refractivity contribution in [2.24, 2.45) is 0 Å². The third-order valence-corrected chi connectivity index (χ3v) is 3.96. The summed E-state index contributed by atoms with van der Waals surface area (Å²) in [6.45, 7) is 7.40. The Morgan fingerprint density at radius 3 is 2.47 bits per heavy atom. The summed E-state index contributed by atoms with van der Waals surface area (Å²) in [5, 5.41) is 0. The van der Waals surface area contributed by atoms with Crippen LogP contribution in [0.4, 0.5) is 0 Å². The number of allylic oxidation sites excluding steroid dienone is 1. The lowest BCUT2D eigenvalue weighted by atomic mass is 10.0. The van der Waals surface area contributed by atoms with E-state index in [1.54, 1.807) is 0 Å². The fraction of sp³-hybridized carbons (Fsp3) is 0.500. The Kier molecular flexibility index (Phi) is 4.83. The van der Waals surface area contributed by atoms with E-state index in [4.69, 9.17) is 9.16 Å². The normalized spacial score (nSPS) is 19.9. The van der Waals surface area contributed by atoms with Gasteiger partial charge < -0.3 is 9.16 Å². The van der Waals surface area contributed by atoms with Crippen LogP contribution in [-0.2, 0) is 15.8 Å². The van der Waals surface area contributed by atoms with Gasteiger partial charge in [0.2, 0.25) is 8.32 Å². The van der Waals surface area contributed by atoms with Gasteiger partial charge in [0.25, 0.3) is 0 Å². The van der Waals surface area contributed by atoms with Gasteiger partial charge in [-0.25, -0.2) is 0 Å². The van der Waals surface area contributed by atoms with Crippen molar-refractivity contribution in [2.45, 2.75) is 51.6 Å². The van der Waals surface area contributed by atoms with Crippen LogP contribution in [0.25, 0.3) is 0 Å². The van der Waals surface area contributed by atoms with Gasteiger partial charge in [0.1, 0.15) is 0 Å². The summed E-state index contributed by atoms with van der Waals surface area (Å²) in [5.74, 6) is 1.18. The number of rotatable bonds is 5. The van der Waals surface area contributed by atoms with Crippen molar-refractivity contribution < 1.29 is 9.16 Å². The first-order chi connectivity index (χ1) is 9.03. The van der Waals surface area contributed by atoms with Gasteiger partial charge in [0.05, 0.1) is 18.5 Å². The lowest BCUT2D eigenvalue weighted by Gasteiger charge is -2.27. The van der Waals surface area contributed by atoms with Crippen molar-refractivity contribution >= 4 is 8.32 Å². The minimum Gasteiger partial charge on any atom is -0.548 e. The minimum atomic E-state index is -1.45. The molecular weight excluding hydrogens is 252 g/mol. The standard InChI is InChI=1S/C16H24O2Si/c1-19(2,3)18-16-11-9-15(10-12-16)17-13-14-7-5-4-6-8-14/h4-8,11,15H,9-10,12-13H2,1-3H3. The monoisotopic (exact) mass is 276 g/mol. The highest BCUT2D eigenvalue weighted by Gasteiger charge is 2.21. The molecule has 1 aliphatic rings. The molecule has 0 amide bonds. The zero-order valence-corrected chi connectivity index (χ0v) is 13.2. The van der Waals surface area contributed by atoms with Crippen molar-refractivity contribution in [3.8, 4) is 0 Å². The molecule has 1 aliphatic carbocycles. The van der Waals surface area contributed by atoms with Gasteiger partial charge in [0.15, 0.2) is 0 Å². The predicted octanol–water partition coefficient (Wildman–Crippen LogP) is 4.49. The fourth-order valence-corrected chi connectivity index (χ4v) is 3.18. The van der Waals surface area contributed by atoms with E-state index in [1.807, 2.05) is 6.07 Å². The number of ether oxygens (including phenoxy) is 1. The van der Waals surface area contributed by atoms with Gasteiger partial charge >= 0.3 is 0 Å². The van der Waals surface area contributed by atoms with Crippen molar-refractivity contribution in [3.63, 3.8) is 0 Å². The molecule has 0 bridgehead atoms. The zero-order valence-electron chi connectivity index (χ0n) is 12.2. The molecule has 0 spiro atoms. The van der Waals surface area contributed by atoms with Gasteiger partial charge in [0, 0.05) is 6.42 Å². The topological polar surface area (TPSA) is 18.5 Å². The smallest absolute Gasteiger partial charge is 0.241 e. The molecule has 0 heterocycles. The number of hydrogen-bond acceptors (Lipinski definition) is 2. The summed E-state index contributed by atoms with van der Waals surface area (Å²) < 4.78 is 12.0. The SMILES string of the molecule is C[Si](C)(C)OC1=CCC(OCc2ccccc2)CC1. The van der Waals surface area contributed by atoms with Crippen LogP contribution in [0.2, 0.25) is 19.6 Å². The van der Waals surface area contributed by atoms with Gasteiger partial charge in [-0.05, 0) is 44.1 Å². The highest BCUT2D eigenvalue weighted by Crippen LogP contribution is 2.24. The van der Waals surface area contributed by atoms with Crippen molar-refractivity contribution in [2.75, 3.05) is 0 Å². The van der Waals surface area contributed by atoms with E-state index in [1.165, 1.54) is 11.3 Å². The highest BCUT2D eigenvalue weighted by molar-refractivity contribution is 6.70. The van der Waals surface area contributed by atoms with E-state index in [0.717, 1.165) is 19.3 Å². The maximum atomic E-state index is 6.03. The van der Waals surface area contributed by atoms with Crippen LogP contribution < -0.4 is 0 Å². The Morgan fingerprint density at radius 1 is 1.16 bits per heavy atom. The van der Waals surface area contributed by atoms with Crippen molar-refractivity contribution in [3.05, 3.63) is 47.7 Å². The van der Waals surface area contributed by atoms with Crippen LogP contribution in [0, 0.1) is 0 Å². The van der Waals surface area contributed by atoms with Crippen molar-refractivity contribution in [1.29, 1.82) is 0 Å². The van der Waals surface area contributed by atoms with E-state index in [2.05, 4.69) is 50.0 Å². The third-order valence-electron chi connectivity index (χ3n) is 3.09. The molecule has 0 fully saturated rings. The quantitative estimate of drug-likeness (QED) is 0.738. The molecule has 1 aromatic rings. The Bertz CT molecular complexity index is 420. The minimum absolute atomic E-state index is 0.342. The maximum Gasteiger partial charge on any atom is 0.241 e. The van der Waals surface area contributed by atoms with Crippen molar-refractivity contribution in [1.82, 2.24) is 0 Å². The van der Waals surface area contributed by atoms with Crippen LogP contribution in [-0.4, -0.2) is 14.4 Å². The summed E-state index contributed by atoms with van der Waals surface area (Å²) >= 11 is 0. The third kappa shape index (κ3) is 5.21. The summed E-state index contributed by atoms with van der Waals surface area (Å²) in [5.41, 5.74) is 1.25. The van der Waals surface area contributed by atoms with E-state index in [0.29, 0.717) is 12.7 Å². The Morgan fingerprint density at radius 2 is 1.89 bits per heavy atom. The van der Waals surface area contributed by atoms with E-state index >= 15 is 0 Å². The van der Waals surface area contributed by atoms with E-state index in [-0.39, 0.29) is 0 Å². The summed E-state index contributed by atoms with van der Waals surface area (Å²) in [4.78, 5) is 0. The van der Waals surface area contributed by atoms with Crippen LogP contribution in [0.3, 0.4) is 0 Å². The average molecular weight is 276 g/mol. The predicted molar refractivity (Wildman–Crippen MR) is 81.4 cm³/mol. The van der Waals surface area contributed by atoms with Gasteiger partial charge in [-0.3, -0.25) is 0 Å². The first-order valence-electron chi connectivity index (χ1n) is 7.06. The second kappa shape index (κ2) is 6.39. The van der Waals surface area contributed by atoms with Crippen LogP contribution in [0.5, 0.6) is 0 Å². The summed E-state index contributed by atoms with van der Waals surface area (Å²) in [7, 11) is -1.45. The Labute approximate surface area is 117 Å². The molecule has 2 nitrogen and oxygen atoms in total. The molecular formula is C16H24O2Si. The van der Waals surface area contributed by atoms with E-state index < -0.39 is 8.32 Å². The van der Waals surface area contributed by atoms with Gasteiger partial charge in [-0.2, -0.15) is 0 Å². The lowest BCUT2D eigenvalue weighted by molar-refractivity contribution is 0.0311. The number of hydrogen-bond donors (Lipinski definition) is 0. The molecule has 3 heteroatoms. The average Bonchev–Trinajstić information content (AvgIpc) is 2.37. The molecule has 1 atom stereocenters. The second-order valence-electron chi connectivity index (χ2n) is 6.08. The largest absolute Gasteiger partial charge is 0.548 e. The highest BCUT2D eigenvalue weighted by atomic mass is 28.4. The zero-order chi connectivity index (χ0) is 13.7. The summed E-state index contributed by atoms with van der Waals surface area (Å²) in [6.07, 6.45) is 5.63. The molecule has 0 saturated carbocycles. The van der Waals surface area contributed by atoms with Crippen LogP contribution in [0.1, 0.15) is 24.8 Å². The molecule has 1 unspecified atom stereocenters. The molecule has 0 N–H and O–H groups in total. The maximum absolute atomic E-state index is 6.03. The molecule has 0 aromatic heterocycles. The Balaban J connectivity index is 1.77.